The number of primary amides is 2. The van der Waals surface area contributed by atoms with E-state index in [4.69, 9.17) is 51.4 Å². The van der Waals surface area contributed by atoms with E-state index < -0.39 is 101 Å². The van der Waals surface area contributed by atoms with Crippen LogP contribution in [-0.2, 0) is 99.1 Å². The predicted octanol–water partition coefficient (Wildman–Crippen LogP) is -0.0791. The SMILES string of the molecule is CCCC[C@H](NC(=O)CCOCCOCCOCCOCCOCCOCCNC(=O)C(CNCCN)CNCCN)C(=O)N=CC(CSCc1cccc(CSC[C@H](NC(=O)[C@H](Cc2ccccc2)NC(=O)[C@H](CCC(N)=O)NC(=O)[C@@H](C)CC)C(=O)O)c1)C(=O)N1CCC[C@H]1C(=O)N1CCC[C@H]1C(N)=O. The van der Waals surface area contributed by atoms with E-state index in [1.165, 1.54) is 39.5 Å². The number of aliphatic carboxylic acids is 1. The van der Waals surface area contributed by atoms with E-state index in [1.54, 1.807) is 37.3 Å². The van der Waals surface area contributed by atoms with E-state index in [9.17, 15) is 57.8 Å². The van der Waals surface area contributed by atoms with E-state index in [2.05, 4.69) is 42.2 Å². The van der Waals surface area contributed by atoms with Crippen LogP contribution in [0, 0.1) is 17.8 Å². The maximum absolute atomic E-state index is 14.7. The normalized spacial score (nSPS) is 16.0. The van der Waals surface area contributed by atoms with Crippen molar-refractivity contribution < 1.29 is 86.3 Å². The molecule has 34 heteroatoms. The van der Waals surface area contributed by atoms with Gasteiger partial charge in [0.2, 0.25) is 53.2 Å². The Kier molecular flexibility index (Phi) is 47.6. The maximum Gasteiger partial charge on any atom is 0.327 e. The molecule has 8 atom stereocenters. The number of carboxylic acids is 1. The molecule has 2 aromatic rings. The highest BCUT2D eigenvalue weighted by molar-refractivity contribution is 7.98. The molecule has 32 nitrogen and oxygen atoms in total. The van der Waals surface area contributed by atoms with Gasteiger partial charge in [-0.05, 0) is 61.6 Å². The van der Waals surface area contributed by atoms with Crippen molar-refractivity contribution in [1.82, 2.24) is 47.0 Å². The summed E-state index contributed by atoms with van der Waals surface area (Å²) >= 11 is 2.64. The average Bonchev–Trinajstić information content (AvgIpc) is 1.67. The fraction of sp³-hybridized carbons (Fsp3) is 0.671. The first kappa shape index (κ1) is 92.2. The number of nitrogens with one attached hydrogen (secondary N) is 7. The molecule has 16 N–H and O–H groups in total. The third-order valence-electron chi connectivity index (χ3n) is 17.6. The molecule has 10 amide bonds. The zero-order chi connectivity index (χ0) is 78.0. The molecule has 1 unspecified atom stereocenters. The van der Waals surface area contributed by atoms with Crippen molar-refractivity contribution in [3.05, 3.63) is 71.3 Å². The van der Waals surface area contributed by atoms with E-state index >= 15 is 0 Å². The van der Waals surface area contributed by atoms with E-state index in [1.807, 2.05) is 38.1 Å². The standard InChI is InChI=1S/C73H118N14O18S2/c1-4-6-17-57(82-64(89)22-30-100-32-34-102-36-38-104-40-41-105-39-37-103-35-33-101-31-27-80-67(92)55(44-78-25-23-74)45-79-26-24-75)68(93)81-46-56(71(96)87-29-12-19-62(87)72(97)86-28-11-18-61(86)65(77)90)49-106-47-53-15-10-16-54(42-53)48-107-50-60(73(98)99)85-70(95)59(43-52-13-8-7-9-14-52)84-69(94)58(20-21-63(76)88)83-66(91)51(3)5-2/h7-10,13-16,42,46,51,55-62,78-79H,4-6,11-12,17-41,43-45,47-50,74-75H2,1-3H3,(H2,76,88)(H2,77,90)(H,80,92)(H,82,89)(H,83,91)(H,84,94)(H,85,95)(H,98,99)/t51-,56?,57-,58-,59-,60-,61-,62-/m0/s1. The molecular formula is C73H118N14O18S2. The second-order valence-corrected chi connectivity index (χ2v) is 28.1. The molecule has 4 rings (SSSR count). The Morgan fingerprint density at radius 2 is 1.12 bits per heavy atom. The third kappa shape index (κ3) is 37.6. The number of nitrogens with two attached hydrogens (primary N) is 4. The fourth-order valence-electron chi connectivity index (χ4n) is 11.4. The molecule has 0 bridgehead atoms. The summed E-state index contributed by atoms with van der Waals surface area (Å²) in [4.78, 5) is 153. The number of thioether (sulfide) groups is 2. The quantitative estimate of drug-likeness (QED) is 0.0304. The Morgan fingerprint density at radius 1 is 0.589 bits per heavy atom. The number of hydrogen-bond donors (Lipinski definition) is 12. The van der Waals surface area contributed by atoms with Crippen LogP contribution in [0.5, 0.6) is 0 Å². The van der Waals surface area contributed by atoms with Crippen molar-refractivity contribution in [1.29, 1.82) is 0 Å². The molecule has 2 heterocycles. The lowest BCUT2D eigenvalue weighted by atomic mass is 10.0. The average molecular weight is 1540 g/mol. The van der Waals surface area contributed by atoms with Gasteiger partial charge in [-0.2, -0.15) is 23.5 Å². The summed E-state index contributed by atoms with van der Waals surface area (Å²) in [5, 5.41) is 30.3. The molecular weight excluding hydrogens is 1430 g/mol. The van der Waals surface area contributed by atoms with Crippen molar-refractivity contribution in [2.75, 3.05) is 150 Å². The summed E-state index contributed by atoms with van der Waals surface area (Å²) < 4.78 is 33.5. The van der Waals surface area contributed by atoms with Crippen LogP contribution in [-0.4, -0.2) is 272 Å². The van der Waals surface area contributed by atoms with Crippen LogP contribution in [0.2, 0.25) is 0 Å². The number of unbranched alkanes of at least 4 members (excludes halogenated alkanes) is 1. The van der Waals surface area contributed by atoms with E-state index in [-0.39, 0.29) is 87.7 Å². The first-order chi connectivity index (χ1) is 51.7. The first-order valence-electron chi connectivity index (χ1n) is 37.2. The number of ether oxygens (including phenoxy) is 6. The van der Waals surface area contributed by atoms with Gasteiger partial charge < -0.3 is 103 Å². The Labute approximate surface area is 637 Å². The van der Waals surface area contributed by atoms with Crippen LogP contribution in [0.4, 0.5) is 0 Å². The van der Waals surface area contributed by atoms with Gasteiger partial charge in [-0.15, -0.1) is 0 Å². The Hall–Kier alpha value is -7.22. The molecule has 0 spiro atoms. The second-order valence-electron chi connectivity index (χ2n) is 26.0. The summed E-state index contributed by atoms with van der Waals surface area (Å²) in [6, 6.07) is 9.81. The molecule has 2 aromatic carbocycles. The number of carbonyl (C=O) groups excluding carboxylic acids is 10. The van der Waals surface area contributed by atoms with E-state index in [0.29, 0.717) is 167 Å². The number of nitrogens with zero attached hydrogens (tertiary/aromatic N) is 3. The predicted molar refractivity (Wildman–Crippen MR) is 407 cm³/mol. The third-order valence-corrected chi connectivity index (χ3v) is 19.8. The minimum absolute atomic E-state index is 0.0201. The van der Waals surface area contributed by atoms with Gasteiger partial charge in [0.25, 0.3) is 5.91 Å². The van der Waals surface area contributed by atoms with Crippen LogP contribution in [0.1, 0.15) is 108 Å². The van der Waals surface area contributed by atoms with Crippen LogP contribution in [0.25, 0.3) is 0 Å². The molecule has 2 fully saturated rings. The number of carbonyl (C=O) groups is 11. The monoisotopic (exact) mass is 1540 g/mol. The van der Waals surface area contributed by atoms with Gasteiger partial charge in [0.1, 0.15) is 36.3 Å². The van der Waals surface area contributed by atoms with Gasteiger partial charge in [0.05, 0.1) is 91.1 Å². The topological polar surface area (TPSA) is 471 Å². The lowest BCUT2D eigenvalue weighted by Gasteiger charge is -2.31. The molecule has 107 heavy (non-hydrogen) atoms. The van der Waals surface area contributed by atoms with Crippen LogP contribution in [0.15, 0.2) is 59.6 Å². The van der Waals surface area contributed by atoms with Crippen LogP contribution >= 0.6 is 23.5 Å². The molecule has 2 aliphatic rings. The van der Waals surface area contributed by atoms with Gasteiger partial charge in [0, 0.05) is 113 Å². The number of aliphatic imine (C=N–C) groups is 1. The first-order valence-corrected chi connectivity index (χ1v) is 39.5. The molecule has 0 radical (unpaired) electrons. The van der Waals surface area contributed by atoms with Crippen molar-refractivity contribution in [2.45, 2.75) is 146 Å². The summed E-state index contributed by atoms with van der Waals surface area (Å²) in [5.41, 5.74) is 24.5. The van der Waals surface area contributed by atoms with Gasteiger partial charge in [-0.25, -0.2) is 9.79 Å². The van der Waals surface area contributed by atoms with Crippen molar-refractivity contribution >= 4 is 94.8 Å². The van der Waals surface area contributed by atoms with Crippen molar-refractivity contribution in [3.63, 3.8) is 0 Å². The van der Waals surface area contributed by atoms with Crippen molar-refractivity contribution in [3.8, 4) is 0 Å². The highest BCUT2D eigenvalue weighted by atomic mass is 32.2. The lowest BCUT2D eigenvalue weighted by Crippen LogP contribution is -2.57. The molecule has 2 aliphatic heterocycles. The Balaban J connectivity index is 1.26. The fourth-order valence-corrected chi connectivity index (χ4v) is 13.4. The minimum Gasteiger partial charge on any atom is -0.480 e. The smallest absolute Gasteiger partial charge is 0.327 e. The zero-order valence-corrected chi connectivity index (χ0v) is 64.1. The van der Waals surface area contributed by atoms with Gasteiger partial charge in [0.15, 0.2) is 0 Å². The van der Waals surface area contributed by atoms with Crippen molar-refractivity contribution in [2.24, 2.45) is 45.7 Å². The highest BCUT2D eigenvalue weighted by Crippen LogP contribution is 2.28. The maximum atomic E-state index is 14.7. The molecule has 0 aromatic heterocycles. The van der Waals surface area contributed by atoms with Gasteiger partial charge in [-0.1, -0.05) is 88.2 Å². The highest BCUT2D eigenvalue weighted by Gasteiger charge is 2.43. The van der Waals surface area contributed by atoms with Gasteiger partial charge >= 0.3 is 5.97 Å². The summed E-state index contributed by atoms with van der Waals surface area (Å²) in [6.07, 6.45) is 4.87. The van der Waals surface area contributed by atoms with E-state index in [0.717, 1.165) is 17.5 Å². The molecule has 0 aliphatic carbocycles. The summed E-state index contributed by atoms with van der Waals surface area (Å²) in [7, 11) is 0. The van der Waals surface area contributed by atoms with Crippen LogP contribution in [0.3, 0.4) is 0 Å². The number of carboxylic acid groups (broad SMARTS) is 1. The Morgan fingerprint density at radius 3 is 1.68 bits per heavy atom. The minimum atomic E-state index is -1.39. The molecule has 0 saturated carbocycles. The number of rotatable bonds is 60. The number of benzene rings is 2. The number of hydrogen-bond acceptors (Lipinski definition) is 23. The summed E-state index contributed by atoms with van der Waals surface area (Å²) in [5.74, 6) is -7.43. The zero-order valence-electron chi connectivity index (χ0n) is 62.5. The van der Waals surface area contributed by atoms with Crippen LogP contribution < -0.4 is 60.2 Å². The number of likely N-dealkylation sites (tertiary alicyclic amines) is 2. The Bertz CT molecular complexity index is 3030. The summed E-state index contributed by atoms with van der Waals surface area (Å²) in [6.45, 7) is 13.4. The second kappa shape index (κ2) is 55.2. The van der Waals surface area contributed by atoms with Gasteiger partial charge in [-0.3, -0.25) is 47.9 Å². The molecule has 600 valence electrons. The lowest BCUT2D eigenvalue weighted by molar-refractivity contribution is -0.146. The molecule has 2 saturated heterocycles. The largest absolute Gasteiger partial charge is 0.480 e. The number of amides is 10.